The van der Waals surface area contributed by atoms with Crippen molar-refractivity contribution >= 4 is 9.84 Å². The van der Waals surface area contributed by atoms with E-state index in [4.69, 9.17) is 0 Å². The van der Waals surface area contributed by atoms with E-state index in [2.05, 4.69) is 25.7 Å². The van der Waals surface area contributed by atoms with Gasteiger partial charge >= 0.3 is 0 Å². The second-order valence-corrected chi connectivity index (χ2v) is 7.70. The lowest BCUT2D eigenvalue weighted by Gasteiger charge is -2.41. The maximum Gasteiger partial charge on any atom is 0.144 e. The van der Waals surface area contributed by atoms with E-state index in [1.54, 1.807) is 0 Å². The highest BCUT2D eigenvalue weighted by Gasteiger charge is 2.29. The van der Waals surface area contributed by atoms with Crippen LogP contribution in [-0.4, -0.2) is 45.0 Å². The van der Waals surface area contributed by atoms with Crippen LogP contribution in [0.5, 0.6) is 0 Å². The van der Waals surface area contributed by atoms with Crippen LogP contribution in [-0.2, 0) is 9.84 Å². The lowest BCUT2D eigenvalue weighted by atomic mass is 9.80. The van der Waals surface area contributed by atoms with Gasteiger partial charge in [0.25, 0.3) is 0 Å². The van der Waals surface area contributed by atoms with Gasteiger partial charge in [0.1, 0.15) is 9.84 Å². The molecule has 0 spiro atoms. The molecule has 1 aliphatic carbocycles. The molecule has 0 N–H and O–H groups in total. The monoisotopic (exact) mass is 263 g/mol. The minimum absolute atomic E-state index is 0.930. The molecular formula is C13H29NO2S. The summed E-state index contributed by atoms with van der Waals surface area (Å²) in [7, 11) is -2.67. The van der Waals surface area contributed by atoms with E-state index in [-0.39, 0.29) is 0 Å². The lowest BCUT2D eigenvalue weighted by Crippen LogP contribution is -2.44. The second-order valence-electron chi connectivity index (χ2n) is 5.41. The molecule has 0 aliphatic heterocycles. The van der Waals surface area contributed by atoms with Gasteiger partial charge in [0, 0.05) is 18.6 Å². The normalized spacial score (nSPS) is 23.9. The first-order chi connectivity index (χ1) is 7.77. The molecule has 4 heteroatoms. The van der Waals surface area contributed by atoms with E-state index < -0.39 is 9.84 Å². The van der Waals surface area contributed by atoms with Crippen molar-refractivity contribution in [2.75, 3.05) is 25.6 Å². The van der Waals surface area contributed by atoms with Gasteiger partial charge in [0.15, 0.2) is 0 Å². The van der Waals surface area contributed by atoms with E-state index in [0.717, 1.165) is 24.5 Å². The van der Waals surface area contributed by atoms with Gasteiger partial charge in [0.2, 0.25) is 0 Å². The van der Waals surface area contributed by atoms with Gasteiger partial charge in [-0.05, 0) is 44.7 Å². The standard InChI is InChI=1S/C11H23N.C2H6O2S/c1-4-6-12(7-5-2)11-8-10(3)9-11;1-5(2,3)4/h10-11H,4-9H2,1-3H3;1-2H3. The van der Waals surface area contributed by atoms with Gasteiger partial charge in [-0.2, -0.15) is 0 Å². The van der Waals surface area contributed by atoms with Gasteiger partial charge in [-0.3, -0.25) is 0 Å². The molecule has 0 bridgehead atoms. The van der Waals surface area contributed by atoms with Crippen molar-refractivity contribution in [3.8, 4) is 0 Å². The quantitative estimate of drug-likeness (QED) is 0.765. The summed E-state index contributed by atoms with van der Waals surface area (Å²) in [4.78, 5) is 2.68. The minimum Gasteiger partial charge on any atom is -0.300 e. The Kier molecular flexibility index (Phi) is 8.05. The zero-order valence-corrected chi connectivity index (χ0v) is 12.9. The van der Waals surface area contributed by atoms with Crippen molar-refractivity contribution in [1.82, 2.24) is 4.90 Å². The molecule has 0 radical (unpaired) electrons. The van der Waals surface area contributed by atoms with Gasteiger partial charge in [-0.1, -0.05) is 20.8 Å². The van der Waals surface area contributed by atoms with Gasteiger partial charge < -0.3 is 4.90 Å². The average molecular weight is 263 g/mol. The molecule has 0 amide bonds. The molecule has 1 fully saturated rings. The Bertz CT molecular complexity index is 268. The molecular weight excluding hydrogens is 234 g/mol. The molecule has 0 atom stereocenters. The third-order valence-electron chi connectivity index (χ3n) is 2.89. The Balaban J connectivity index is 0.000000437. The van der Waals surface area contributed by atoms with Crippen LogP contribution in [0.1, 0.15) is 46.5 Å². The highest BCUT2D eigenvalue weighted by Crippen LogP contribution is 2.31. The molecule has 0 saturated heterocycles. The topological polar surface area (TPSA) is 37.4 Å². The van der Waals surface area contributed by atoms with Gasteiger partial charge in [-0.15, -0.1) is 0 Å². The summed E-state index contributed by atoms with van der Waals surface area (Å²) < 4.78 is 19.3. The van der Waals surface area contributed by atoms with Crippen molar-refractivity contribution in [1.29, 1.82) is 0 Å². The molecule has 104 valence electrons. The zero-order chi connectivity index (χ0) is 13.5. The Morgan fingerprint density at radius 3 is 1.65 bits per heavy atom. The van der Waals surface area contributed by atoms with Crippen LogP contribution in [0.25, 0.3) is 0 Å². The van der Waals surface area contributed by atoms with E-state index in [0.29, 0.717) is 0 Å². The Morgan fingerprint density at radius 2 is 1.41 bits per heavy atom. The maximum atomic E-state index is 9.63. The summed E-state index contributed by atoms with van der Waals surface area (Å²) in [5.74, 6) is 0.992. The first-order valence-corrected chi connectivity index (χ1v) is 8.96. The summed E-state index contributed by atoms with van der Waals surface area (Å²) in [6.45, 7) is 9.55. The third-order valence-corrected chi connectivity index (χ3v) is 2.89. The number of sulfone groups is 1. The Hall–Kier alpha value is -0.0900. The fourth-order valence-electron chi connectivity index (χ4n) is 2.21. The van der Waals surface area contributed by atoms with E-state index in [9.17, 15) is 8.42 Å². The molecule has 0 aromatic rings. The van der Waals surface area contributed by atoms with Crippen LogP contribution in [0.2, 0.25) is 0 Å². The lowest BCUT2D eigenvalue weighted by molar-refractivity contribution is 0.0861. The molecule has 1 saturated carbocycles. The van der Waals surface area contributed by atoms with E-state index in [1.807, 2.05) is 0 Å². The van der Waals surface area contributed by atoms with Crippen molar-refractivity contribution in [3.05, 3.63) is 0 Å². The predicted molar refractivity (Wildman–Crippen MR) is 75.1 cm³/mol. The maximum absolute atomic E-state index is 9.63. The molecule has 1 aliphatic rings. The fourth-order valence-corrected chi connectivity index (χ4v) is 2.21. The van der Waals surface area contributed by atoms with E-state index in [1.165, 1.54) is 38.8 Å². The second kappa shape index (κ2) is 8.09. The van der Waals surface area contributed by atoms with Crippen LogP contribution in [0, 0.1) is 5.92 Å². The zero-order valence-electron chi connectivity index (χ0n) is 12.1. The highest BCUT2D eigenvalue weighted by atomic mass is 32.2. The van der Waals surface area contributed by atoms with Crippen molar-refractivity contribution in [2.24, 2.45) is 5.92 Å². The first-order valence-electron chi connectivity index (χ1n) is 6.67. The third kappa shape index (κ3) is 9.60. The molecule has 3 nitrogen and oxygen atoms in total. The highest BCUT2D eigenvalue weighted by molar-refractivity contribution is 7.89. The summed E-state index contributed by atoms with van der Waals surface area (Å²) in [6, 6.07) is 0.930. The smallest absolute Gasteiger partial charge is 0.144 e. The molecule has 1 rings (SSSR count). The summed E-state index contributed by atoms with van der Waals surface area (Å²) in [5, 5.41) is 0. The van der Waals surface area contributed by atoms with Crippen LogP contribution < -0.4 is 0 Å². The number of hydrogen-bond donors (Lipinski definition) is 0. The minimum atomic E-state index is -2.67. The van der Waals surface area contributed by atoms with Gasteiger partial charge in [0.05, 0.1) is 0 Å². The Morgan fingerprint density at radius 1 is 1.06 bits per heavy atom. The predicted octanol–water partition coefficient (Wildman–Crippen LogP) is 2.57. The molecule has 0 unspecified atom stereocenters. The fraction of sp³-hybridized carbons (Fsp3) is 1.00. The van der Waals surface area contributed by atoms with Crippen molar-refractivity contribution in [2.45, 2.75) is 52.5 Å². The summed E-state index contributed by atoms with van der Waals surface area (Å²) >= 11 is 0. The Labute approximate surface area is 108 Å². The molecule has 0 aromatic carbocycles. The number of nitrogens with zero attached hydrogens (tertiary/aromatic N) is 1. The number of hydrogen-bond acceptors (Lipinski definition) is 3. The van der Waals surface area contributed by atoms with Crippen molar-refractivity contribution in [3.63, 3.8) is 0 Å². The molecule has 17 heavy (non-hydrogen) atoms. The van der Waals surface area contributed by atoms with Crippen LogP contribution in [0.15, 0.2) is 0 Å². The average Bonchev–Trinajstić information content (AvgIpc) is 2.10. The molecule has 0 heterocycles. The summed E-state index contributed by atoms with van der Waals surface area (Å²) in [6.07, 6.45) is 7.83. The van der Waals surface area contributed by atoms with Crippen LogP contribution in [0.3, 0.4) is 0 Å². The van der Waals surface area contributed by atoms with Crippen LogP contribution >= 0.6 is 0 Å². The van der Waals surface area contributed by atoms with Crippen molar-refractivity contribution < 1.29 is 8.42 Å². The largest absolute Gasteiger partial charge is 0.300 e. The number of rotatable bonds is 5. The summed E-state index contributed by atoms with van der Waals surface area (Å²) in [5.41, 5.74) is 0. The van der Waals surface area contributed by atoms with Crippen LogP contribution in [0.4, 0.5) is 0 Å². The van der Waals surface area contributed by atoms with Gasteiger partial charge in [-0.25, -0.2) is 8.42 Å². The van der Waals surface area contributed by atoms with E-state index >= 15 is 0 Å². The SMILES string of the molecule is CCCN(CCC)C1CC(C)C1.CS(C)(=O)=O. The first kappa shape index (κ1) is 16.9. The molecule has 0 aromatic heterocycles.